The second kappa shape index (κ2) is 36.3. The Bertz CT molecular complexity index is 6800. The van der Waals surface area contributed by atoms with Crippen LogP contribution in [0.25, 0.3) is 26.7 Å². The van der Waals surface area contributed by atoms with Crippen molar-refractivity contribution in [1.82, 2.24) is 44.7 Å². The number of aromatic amines is 2. The van der Waals surface area contributed by atoms with Gasteiger partial charge in [-0.05, 0) is 224 Å². The van der Waals surface area contributed by atoms with Crippen molar-refractivity contribution in [3.63, 3.8) is 0 Å². The summed E-state index contributed by atoms with van der Waals surface area (Å²) in [5.74, 6) is -1.43. The van der Waals surface area contributed by atoms with Gasteiger partial charge < -0.3 is 61.6 Å². The molecule has 9 N–H and O–H groups in total. The molecule has 142 heavy (non-hydrogen) atoms. The molecule has 9 aromatic rings. The predicted molar refractivity (Wildman–Crippen MR) is 523 cm³/mol. The van der Waals surface area contributed by atoms with Crippen molar-refractivity contribution >= 4 is 104 Å². The highest BCUT2D eigenvalue weighted by Gasteiger charge is 2.66. The molecule has 0 radical (unpaired) electrons. The average Bonchev–Trinajstić information content (AvgIpc) is 1.57. The van der Waals surface area contributed by atoms with E-state index in [4.69, 9.17) is 33.2 Å². The molecule has 9 amide bonds. The Morgan fingerprint density at radius 3 is 1.35 bits per heavy atom. The van der Waals surface area contributed by atoms with E-state index in [0.29, 0.717) is 87.1 Å². The molecule has 16 aliphatic rings. The minimum Gasteiger partial charge on any atom is -0.496 e. The van der Waals surface area contributed by atoms with Crippen molar-refractivity contribution in [3.8, 4) is 5.75 Å². The van der Waals surface area contributed by atoms with E-state index in [9.17, 15) is 67.1 Å². The van der Waals surface area contributed by atoms with Crippen molar-refractivity contribution < 1.29 is 76.6 Å². The Morgan fingerprint density at radius 1 is 0.423 bits per heavy atom. The smallest absolute Gasteiger partial charge is 0.410 e. The van der Waals surface area contributed by atoms with Crippen LogP contribution >= 0.6 is 0 Å². The summed E-state index contributed by atoms with van der Waals surface area (Å²) in [4.78, 5) is 208. The van der Waals surface area contributed by atoms with Crippen LogP contribution in [0.4, 0.5) is 4.79 Å². The minimum absolute atomic E-state index is 0.0248. The van der Waals surface area contributed by atoms with Crippen molar-refractivity contribution in [2.24, 2.45) is 76.4 Å². The van der Waals surface area contributed by atoms with Crippen LogP contribution in [0, 0.1) is 72.7 Å². The Labute approximate surface area is 822 Å². The summed E-state index contributed by atoms with van der Waals surface area (Å²) < 4.78 is 11.1. The van der Waals surface area contributed by atoms with Gasteiger partial charge in [0.05, 0.1) is 47.3 Å². The first-order valence-electron chi connectivity index (χ1n) is 50.9. The van der Waals surface area contributed by atoms with E-state index >= 15 is 0 Å². The van der Waals surface area contributed by atoms with Gasteiger partial charge in [0.1, 0.15) is 71.0 Å². The normalized spacial score (nSPS) is 31.5. The van der Waals surface area contributed by atoms with Crippen molar-refractivity contribution in [2.75, 3.05) is 52.9 Å². The molecule has 9 heterocycles. The summed E-state index contributed by atoms with van der Waals surface area (Å²) in [5, 5.41) is 5.18. The van der Waals surface area contributed by atoms with Gasteiger partial charge in [-0.1, -0.05) is 171 Å². The van der Waals surface area contributed by atoms with Crippen LogP contribution in [0.2, 0.25) is 0 Å². The zero-order chi connectivity index (χ0) is 98.4. The molecule has 2 aromatic heterocycles. The molecule has 29 nitrogen and oxygen atoms in total. The quantitative estimate of drug-likeness (QED) is 0.0584. The maximum absolute atomic E-state index is 14.4. The molecule has 7 aliphatic heterocycles. The third kappa shape index (κ3) is 15.3. The van der Waals surface area contributed by atoms with Gasteiger partial charge >= 0.3 is 12.3 Å². The minimum atomic E-state index is -0.927. The maximum Gasteiger partial charge on any atom is 0.410 e. The molecule has 7 aromatic carbocycles. The van der Waals surface area contributed by atoms with Gasteiger partial charge in [0.15, 0.2) is 5.78 Å². The molecule has 29 heteroatoms. The fourth-order valence-corrected chi connectivity index (χ4v) is 29.6. The zero-order valence-electron chi connectivity index (χ0n) is 80.0. The number of rotatable bonds is 13. The molecule has 0 bridgehead atoms. The average molecular weight is 1920 g/mol. The number of hydrogen-bond acceptors (Lipinski definition) is 17. The summed E-state index contributed by atoms with van der Waals surface area (Å²) >= 11 is 0. The SMILES string of the molecule is Cc1cccc2[nH]c(C(=O)N3C[C@@H]4CCC[C@@H]4[C@H]3C(=O)N3C[C@]4(C[C@H]3C(N)=O)C(=O)Cc3ccccc34)cc12.NC(=O)[C@@H]1C[C@@]2(CC1C(=O)[C@@H]1[C@H]3CCC[C@H]3CN1C(=O)OCc1ccccc1)C(=O)Cc1ccccc12.NC(=O)[C@@H]1C[C@@]2(CN1C(=O)[C@H]1NC[C@@H]3CCC[C@@H]31)C(=O)Cc1ccccc12.[C-]#[N+][C@@H]1C[C@@]2(CN1C(=O)[C@@H]1[C@H]3CCC[C@H]3CN1C(=O)c1cc3c(OC)cccc3[nH]1)C(=O)Cc1ccccc12. The number of likely N-dealkylation sites (tertiary alicyclic amines) is 6. The summed E-state index contributed by atoms with van der Waals surface area (Å²) in [6.07, 6.45) is 13.4. The van der Waals surface area contributed by atoms with Gasteiger partial charge in [0, 0.05) is 98.6 Å². The number of nitrogens with one attached hydrogen (secondary N) is 3. The second-order valence-electron chi connectivity index (χ2n) is 43.3. The number of carbonyl (C=O) groups excluding carboxylic acids is 14. The molecule has 9 aliphatic carbocycles. The van der Waals surface area contributed by atoms with Crippen LogP contribution in [-0.2, 0) is 111 Å². The van der Waals surface area contributed by atoms with E-state index in [1.54, 1.807) is 37.7 Å². The number of primary amides is 3. The molecule has 1 unspecified atom stereocenters. The second-order valence-corrected chi connectivity index (χ2v) is 43.3. The largest absolute Gasteiger partial charge is 0.496 e. The van der Waals surface area contributed by atoms with E-state index in [0.717, 1.165) is 161 Å². The molecule has 5 saturated carbocycles. The molecular weight excluding hydrogens is 1800 g/mol. The number of amides is 9. The van der Waals surface area contributed by atoms with Gasteiger partial charge in [-0.3, -0.25) is 77.0 Å². The van der Waals surface area contributed by atoms with Gasteiger partial charge in [0.25, 0.3) is 17.7 Å². The lowest BCUT2D eigenvalue weighted by Gasteiger charge is -2.33. The van der Waals surface area contributed by atoms with Crippen LogP contribution in [0.3, 0.4) is 0 Å². The topological polar surface area (TPSA) is 403 Å². The van der Waals surface area contributed by atoms with E-state index in [-0.39, 0.29) is 146 Å². The molecule has 4 spiro atoms. The number of Topliss-reactive ketones (excluding diaryl/α,β-unsaturated/α-hetero) is 5. The highest BCUT2D eigenvalue weighted by molar-refractivity contribution is 6.08. The number of H-pyrrole nitrogens is 2. The molecule has 25 rings (SSSR count). The number of carbonyl (C=O) groups is 14. The van der Waals surface area contributed by atoms with E-state index in [2.05, 4.69) is 20.1 Å². The molecular formula is C113H119N13O16. The van der Waals surface area contributed by atoms with E-state index < -0.39 is 93.7 Å². The number of nitrogens with zero attached hydrogens (tertiary/aromatic N) is 7. The Balaban J connectivity index is 0.000000109. The van der Waals surface area contributed by atoms with Crippen molar-refractivity contribution in [2.45, 2.75) is 212 Å². The van der Waals surface area contributed by atoms with Gasteiger partial charge in [-0.15, -0.1) is 0 Å². The number of fused-ring (bicyclic) bond motifs is 14. The Morgan fingerprint density at radius 2 is 0.845 bits per heavy atom. The number of ether oxygens (including phenoxy) is 2. The van der Waals surface area contributed by atoms with Crippen molar-refractivity contribution in [1.29, 1.82) is 0 Å². The lowest BCUT2D eigenvalue weighted by Crippen LogP contribution is -2.54. The first-order valence-corrected chi connectivity index (χ1v) is 50.9. The predicted octanol–water partition coefficient (Wildman–Crippen LogP) is 10.9. The number of hydrogen-bond donors (Lipinski definition) is 6. The summed E-state index contributed by atoms with van der Waals surface area (Å²) in [6.45, 7) is 13.0. The number of nitrogens with two attached hydrogens (primary N) is 3. The number of methoxy groups -OCH3 is 1. The number of ketones is 5. The molecule has 732 valence electrons. The van der Waals surface area contributed by atoms with Crippen LogP contribution in [-0.4, -0.2) is 217 Å². The van der Waals surface area contributed by atoms with E-state index in [1.165, 1.54) is 4.90 Å². The van der Waals surface area contributed by atoms with Crippen LogP contribution in [0.15, 0.2) is 176 Å². The maximum atomic E-state index is 14.4. The fraction of sp³-hybridized carbons (Fsp3) is 0.460. The number of benzene rings is 7. The third-order valence-corrected chi connectivity index (χ3v) is 36.4. The van der Waals surface area contributed by atoms with Gasteiger partial charge in [0.2, 0.25) is 29.5 Å². The molecule has 21 atom stereocenters. The van der Waals surface area contributed by atoms with Crippen molar-refractivity contribution in [3.05, 3.63) is 254 Å². The highest BCUT2D eigenvalue weighted by Crippen LogP contribution is 2.58. The Hall–Kier alpha value is -13.8. The lowest BCUT2D eigenvalue weighted by molar-refractivity contribution is -0.141. The van der Waals surface area contributed by atoms with Crippen LogP contribution < -0.4 is 27.3 Å². The summed E-state index contributed by atoms with van der Waals surface area (Å²) in [5.41, 5.74) is 26.1. The van der Waals surface area contributed by atoms with Crippen LogP contribution in [0.5, 0.6) is 5.75 Å². The summed E-state index contributed by atoms with van der Waals surface area (Å²) in [6, 6.07) is 51.8. The third-order valence-electron chi connectivity index (χ3n) is 36.4. The standard InChI is InChI=1S/C31H30N4O4.C31H32N4O4.C30H32N2O5.C21H25N3O3/c1-32-27-15-31(22-10-4-3-7-18(22)13-26(31)36)17-35(27)30(38)28-20-9-5-8-19(20)16-34(28)29(37)24-14-21-23(33-24)11-6-12-25(21)39-2;1-17-6-4-11-23-21(17)13-24(33-23)29(38)34-15-19-8-5-9-20(19)27(34)30(39)35-16-31(14-25(35)28(32)37)22-10-3-2-7-18(22)12-26(31)36;31-28(35)23-15-30(24-12-5-4-9-19(24)13-25(30)33)14-22(23)27(34)26-21-11-6-10-20(21)16-32(26)29(36)37-17-18-7-2-1-3-8-18;22-19(26)16-9-21(15-7-2-1-4-12(15)8-17(21)25)11-24(16)20(27)18-14-6-3-5-13(14)10-23-18/h3-4,6-7,10-12,14,19-20,27-28,33H,5,8-9,13,15-17H2,2H3;2-4,6-7,10-11,13,19-20,25,27,33H,5,8-9,12,14-16H2,1H3,(H2,32,37);1-5,7-9,12,20-23,26H,6,10-11,13-17H2,(H2,31,35);1-2,4,7,13-14,16,18,23H,3,5-6,8-11H2,(H2,22,26)/t19-,20-,27-,28-,31-;19-,20-,25-,27-,31-;20-,21-,22?,23+,26-,30+;13-,14-,16-,18-,21-/m0000/s1. The zero-order valence-corrected chi connectivity index (χ0v) is 80.0. The summed E-state index contributed by atoms with van der Waals surface area (Å²) in [7, 11) is 1.60. The number of aryl methyl sites for hydroxylation is 1. The van der Waals surface area contributed by atoms with Gasteiger partial charge in [-0.2, -0.15) is 0 Å². The monoisotopic (exact) mass is 1910 g/mol. The first kappa shape index (κ1) is 93.2. The molecule has 12 fully saturated rings. The Kier molecular flexibility index (Phi) is 23.9. The number of aromatic nitrogens is 2. The first-order chi connectivity index (χ1) is 68.6. The van der Waals surface area contributed by atoms with E-state index in [1.807, 2.05) is 177 Å². The van der Waals surface area contributed by atoms with Crippen LogP contribution in [0.1, 0.15) is 186 Å². The molecule has 7 saturated heterocycles. The van der Waals surface area contributed by atoms with Gasteiger partial charge in [-0.25, -0.2) is 11.4 Å². The lowest BCUT2D eigenvalue weighted by atomic mass is 9.77. The fourth-order valence-electron chi connectivity index (χ4n) is 29.6. The highest BCUT2D eigenvalue weighted by atomic mass is 16.6.